The molecule has 0 aliphatic rings. The summed E-state index contributed by atoms with van der Waals surface area (Å²) in [6, 6.07) is 8.70. The smallest absolute Gasteiger partial charge is 0.191 e. The normalized spacial score (nSPS) is 11.2. The van der Waals surface area contributed by atoms with Gasteiger partial charge >= 0.3 is 0 Å². The third kappa shape index (κ3) is 3.42. The first kappa shape index (κ1) is 17.2. The first-order valence-corrected chi connectivity index (χ1v) is 10.2. The van der Waals surface area contributed by atoms with E-state index in [-0.39, 0.29) is 0 Å². The third-order valence-electron chi connectivity index (χ3n) is 4.22. The van der Waals surface area contributed by atoms with Crippen LogP contribution in [-0.2, 0) is 18.7 Å². The first-order chi connectivity index (χ1) is 11.6. The van der Waals surface area contributed by atoms with Crippen LogP contribution in [0.4, 0.5) is 0 Å². The Morgan fingerprint density at radius 1 is 1.08 bits per heavy atom. The molecule has 0 aliphatic heterocycles. The number of nitrogens with zero attached hydrogens (tertiary/aromatic N) is 3. The Balaban J connectivity index is 1.85. The minimum Gasteiger partial charge on any atom is -0.302 e. The molecular formula is C19H23N3S2. The number of hydrogen-bond donors (Lipinski definition) is 0. The van der Waals surface area contributed by atoms with Crippen LogP contribution in [0.3, 0.4) is 0 Å². The van der Waals surface area contributed by atoms with Crippen LogP contribution in [0, 0.1) is 13.8 Å². The number of benzene rings is 1. The second-order valence-corrected chi connectivity index (χ2v) is 7.89. The molecule has 3 nitrogen and oxygen atoms in total. The predicted molar refractivity (Wildman–Crippen MR) is 104 cm³/mol. The van der Waals surface area contributed by atoms with Gasteiger partial charge in [0.2, 0.25) is 0 Å². The van der Waals surface area contributed by atoms with Gasteiger partial charge < -0.3 is 4.57 Å². The zero-order valence-electron chi connectivity index (χ0n) is 14.7. The number of thiophene rings is 1. The summed E-state index contributed by atoms with van der Waals surface area (Å²) in [4.78, 5) is 1.38. The molecule has 3 aromatic rings. The lowest BCUT2D eigenvalue weighted by Crippen LogP contribution is -2.00. The van der Waals surface area contributed by atoms with Gasteiger partial charge in [-0.1, -0.05) is 48.5 Å². The standard InChI is InChI=1S/C19H23N3S2/c1-5-16-14(4)23-12-17(16)18-20-21-19(22(18)6-2)24-11-15-9-7-13(3)8-10-15/h7-10,12H,5-6,11H2,1-4H3. The molecule has 0 amide bonds. The Morgan fingerprint density at radius 3 is 2.50 bits per heavy atom. The van der Waals surface area contributed by atoms with Gasteiger partial charge in [0, 0.05) is 28.1 Å². The maximum atomic E-state index is 4.50. The second-order valence-electron chi connectivity index (χ2n) is 5.86. The van der Waals surface area contributed by atoms with Crippen molar-refractivity contribution in [2.45, 2.75) is 51.6 Å². The quantitative estimate of drug-likeness (QED) is 0.546. The van der Waals surface area contributed by atoms with Crippen molar-refractivity contribution >= 4 is 23.1 Å². The second kappa shape index (κ2) is 7.53. The molecule has 0 N–H and O–H groups in total. The van der Waals surface area contributed by atoms with Crippen LogP contribution >= 0.6 is 23.1 Å². The van der Waals surface area contributed by atoms with Gasteiger partial charge in [0.15, 0.2) is 11.0 Å². The van der Waals surface area contributed by atoms with Crippen molar-refractivity contribution in [2.75, 3.05) is 0 Å². The van der Waals surface area contributed by atoms with E-state index in [0.717, 1.165) is 29.7 Å². The molecule has 24 heavy (non-hydrogen) atoms. The van der Waals surface area contributed by atoms with Gasteiger partial charge in [-0.3, -0.25) is 0 Å². The SMILES string of the molecule is CCc1c(-c2nnc(SCc3ccc(C)cc3)n2CC)csc1C. The molecule has 0 spiro atoms. The lowest BCUT2D eigenvalue weighted by molar-refractivity contribution is 0.687. The van der Waals surface area contributed by atoms with Crippen LogP contribution < -0.4 is 0 Å². The summed E-state index contributed by atoms with van der Waals surface area (Å²) in [5, 5.41) is 12.2. The topological polar surface area (TPSA) is 30.7 Å². The van der Waals surface area contributed by atoms with Gasteiger partial charge in [-0.05, 0) is 38.3 Å². The summed E-state index contributed by atoms with van der Waals surface area (Å²) in [6.45, 7) is 9.56. The highest BCUT2D eigenvalue weighted by molar-refractivity contribution is 7.98. The summed E-state index contributed by atoms with van der Waals surface area (Å²) < 4.78 is 2.24. The number of thioether (sulfide) groups is 1. The van der Waals surface area contributed by atoms with Crippen molar-refractivity contribution < 1.29 is 0 Å². The third-order valence-corrected chi connectivity index (χ3v) is 6.21. The fourth-order valence-electron chi connectivity index (χ4n) is 2.82. The number of rotatable bonds is 6. The highest BCUT2D eigenvalue weighted by Crippen LogP contribution is 2.33. The number of hydrogen-bond acceptors (Lipinski definition) is 4. The van der Waals surface area contributed by atoms with Crippen molar-refractivity contribution in [1.82, 2.24) is 14.8 Å². The summed E-state index contributed by atoms with van der Waals surface area (Å²) in [5.41, 5.74) is 5.26. The Bertz CT molecular complexity index is 816. The molecule has 0 bridgehead atoms. The summed E-state index contributed by atoms with van der Waals surface area (Å²) in [7, 11) is 0. The van der Waals surface area contributed by atoms with E-state index in [4.69, 9.17) is 0 Å². The van der Waals surface area contributed by atoms with Crippen molar-refractivity contribution in [2.24, 2.45) is 0 Å². The molecule has 0 radical (unpaired) electrons. The van der Waals surface area contributed by atoms with E-state index in [0.29, 0.717) is 0 Å². The molecule has 0 atom stereocenters. The van der Waals surface area contributed by atoms with E-state index in [1.54, 1.807) is 23.1 Å². The maximum absolute atomic E-state index is 4.50. The van der Waals surface area contributed by atoms with Gasteiger partial charge in [0.25, 0.3) is 0 Å². The zero-order valence-corrected chi connectivity index (χ0v) is 16.3. The Morgan fingerprint density at radius 2 is 1.83 bits per heavy atom. The van der Waals surface area contributed by atoms with Crippen LogP contribution in [0.15, 0.2) is 34.8 Å². The average molecular weight is 358 g/mol. The molecule has 0 saturated carbocycles. The summed E-state index contributed by atoms with van der Waals surface area (Å²) in [6.07, 6.45) is 1.03. The molecule has 1 aromatic carbocycles. The molecule has 0 unspecified atom stereocenters. The largest absolute Gasteiger partial charge is 0.302 e. The lowest BCUT2D eigenvalue weighted by atomic mass is 10.1. The van der Waals surface area contributed by atoms with Crippen molar-refractivity contribution in [3.8, 4) is 11.4 Å². The van der Waals surface area contributed by atoms with Crippen LogP contribution in [0.2, 0.25) is 0 Å². The van der Waals surface area contributed by atoms with E-state index < -0.39 is 0 Å². The van der Waals surface area contributed by atoms with Gasteiger partial charge in [0.1, 0.15) is 0 Å². The van der Waals surface area contributed by atoms with Crippen LogP contribution in [0.25, 0.3) is 11.4 Å². The molecule has 3 rings (SSSR count). The van der Waals surface area contributed by atoms with E-state index in [9.17, 15) is 0 Å². The molecule has 0 aliphatic carbocycles. The van der Waals surface area contributed by atoms with Gasteiger partial charge in [-0.2, -0.15) is 0 Å². The van der Waals surface area contributed by atoms with Gasteiger partial charge in [0.05, 0.1) is 0 Å². The summed E-state index contributed by atoms with van der Waals surface area (Å²) in [5.74, 6) is 1.92. The minimum absolute atomic E-state index is 0.886. The van der Waals surface area contributed by atoms with Crippen molar-refractivity contribution in [3.63, 3.8) is 0 Å². The molecular weight excluding hydrogens is 334 g/mol. The Hall–Kier alpha value is -1.59. The Kier molecular flexibility index (Phi) is 5.41. The highest BCUT2D eigenvalue weighted by atomic mass is 32.2. The van der Waals surface area contributed by atoms with Crippen molar-refractivity contribution in [3.05, 3.63) is 51.2 Å². The van der Waals surface area contributed by atoms with E-state index in [2.05, 4.69) is 72.1 Å². The predicted octanol–water partition coefficient (Wildman–Crippen LogP) is 5.50. The monoisotopic (exact) mass is 357 g/mol. The lowest BCUT2D eigenvalue weighted by Gasteiger charge is -2.08. The van der Waals surface area contributed by atoms with E-state index in [1.807, 2.05) is 0 Å². The zero-order chi connectivity index (χ0) is 17.1. The number of aryl methyl sites for hydroxylation is 2. The molecule has 2 aromatic heterocycles. The molecule has 2 heterocycles. The maximum Gasteiger partial charge on any atom is 0.191 e. The fraction of sp³-hybridized carbons (Fsp3) is 0.368. The summed E-state index contributed by atoms with van der Waals surface area (Å²) >= 11 is 3.56. The number of aromatic nitrogens is 3. The van der Waals surface area contributed by atoms with E-state index in [1.165, 1.54) is 27.1 Å². The van der Waals surface area contributed by atoms with Crippen LogP contribution in [0.1, 0.15) is 35.4 Å². The first-order valence-electron chi connectivity index (χ1n) is 8.32. The van der Waals surface area contributed by atoms with Crippen LogP contribution in [0.5, 0.6) is 0 Å². The molecule has 126 valence electrons. The van der Waals surface area contributed by atoms with Crippen molar-refractivity contribution in [1.29, 1.82) is 0 Å². The Labute approximate surface area is 152 Å². The van der Waals surface area contributed by atoms with Gasteiger partial charge in [-0.15, -0.1) is 21.5 Å². The highest BCUT2D eigenvalue weighted by Gasteiger charge is 2.17. The van der Waals surface area contributed by atoms with Gasteiger partial charge in [-0.25, -0.2) is 0 Å². The van der Waals surface area contributed by atoms with Crippen LogP contribution in [-0.4, -0.2) is 14.8 Å². The van der Waals surface area contributed by atoms with E-state index >= 15 is 0 Å². The molecule has 0 fully saturated rings. The molecule has 5 heteroatoms. The fourth-order valence-corrected chi connectivity index (χ4v) is 4.72. The average Bonchev–Trinajstić information content (AvgIpc) is 3.16. The molecule has 0 saturated heterocycles. The minimum atomic E-state index is 0.886.